The molecular formula is C17H19ClN2. The largest absolute Gasteiger partial charge is 0.271 e. The van der Waals surface area contributed by atoms with Crippen LogP contribution in [-0.4, -0.2) is 6.04 Å². The van der Waals surface area contributed by atoms with Gasteiger partial charge in [0.25, 0.3) is 0 Å². The molecule has 1 aliphatic carbocycles. The zero-order valence-electron chi connectivity index (χ0n) is 11.4. The van der Waals surface area contributed by atoms with Gasteiger partial charge in [0.15, 0.2) is 0 Å². The van der Waals surface area contributed by atoms with E-state index in [1.165, 1.54) is 16.7 Å². The van der Waals surface area contributed by atoms with Crippen LogP contribution in [0.5, 0.6) is 0 Å². The van der Waals surface area contributed by atoms with E-state index in [1.54, 1.807) is 0 Å². The maximum absolute atomic E-state index is 5.93. The van der Waals surface area contributed by atoms with Crippen molar-refractivity contribution in [2.75, 3.05) is 0 Å². The van der Waals surface area contributed by atoms with Gasteiger partial charge >= 0.3 is 0 Å². The van der Waals surface area contributed by atoms with Gasteiger partial charge in [0.1, 0.15) is 0 Å². The van der Waals surface area contributed by atoms with E-state index in [4.69, 9.17) is 17.4 Å². The van der Waals surface area contributed by atoms with Gasteiger partial charge in [0.05, 0.1) is 0 Å². The summed E-state index contributed by atoms with van der Waals surface area (Å²) >= 11 is 5.93. The molecule has 3 rings (SSSR count). The molecule has 0 saturated heterocycles. The molecule has 0 fully saturated rings. The van der Waals surface area contributed by atoms with Crippen molar-refractivity contribution in [2.24, 2.45) is 11.8 Å². The summed E-state index contributed by atoms with van der Waals surface area (Å²) < 4.78 is 0. The second kappa shape index (κ2) is 5.96. The predicted molar refractivity (Wildman–Crippen MR) is 83.6 cm³/mol. The Morgan fingerprint density at radius 1 is 1.05 bits per heavy atom. The third kappa shape index (κ3) is 2.88. The first kappa shape index (κ1) is 13.6. The summed E-state index contributed by atoms with van der Waals surface area (Å²) in [4.78, 5) is 0. The maximum Gasteiger partial charge on any atom is 0.0406 e. The third-order valence-electron chi connectivity index (χ3n) is 4.23. The van der Waals surface area contributed by atoms with Gasteiger partial charge in [-0.2, -0.15) is 0 Å². The number of nitrogens with two attached hydrogens (primary N) is 1. The molecule has 0 aromatic heterocycles. The van der Waals surface area contributed by atoms with E-state index in [9.17, 15) is 0 Å². The molecule has 0 amide bonds. The Balaban J connectivity index is 1.71. The van der Waals surface area contributed by atoms with Gasteiger partial charge in [-0.1, -0.05) is 48.0 Å². The molecule has 20 heavy (non-hydrogen) atoms. The van der Waals surface area contributed by atoms with E-state index in [2.05, 4.69) is 41.8 Å². The van der Waals surface area contributed by atoms with E-state index in [1.807, 2.05) is 12.1 Å². The quantitative estimate of drug-likeness (QED) is 0.669. The van der Waals surface area contributed by atoms with Crippen LogP contribution in [0.2, 0.25) is 5.02 Å². The van der Waals surface area contributed by atoms with Crippen LogP contribution < -0.4 is 11.3 Å². The average Bonchev–Trinajstić information content (AvgIpc) is 2.90. The minimum atomic E-state index is 0.295. The van der Waals surface area contributed by atoms with Crippen LogP contribution >= 0.6 is 11.6 Å². The Hall–Kier alpha value is -1.35. The SMILES string of the molecule is NNC(Cc1ccc(Cl)cc1)C1Cc2ccccc2C1. The highest BCUT2D eigenvalue weighted by molar-refractivity contribution is 6.30. The molecule has 3 N–H and O–H groups in total. The Bertz CT molecular complexity index is 555. The van der Waals surface area contributed by atoms with E-state index >= 15 is 0 Å². The molecule has 0 heterocycles. The number of rotatable bonds is 4. The number of benzene rings is 2. The van der Waals surface area contributed by atoms with Crippen molar-refractivity contribution in [3.05, 3.63) is 70.2 Å². The van der Waals surface area contributed by atoms with Gasteiger partial charge in [-0.3, -0.25) is 11.3 Å². The lowest BCUT2D eigenvalue weighted by Crippen LogP contribution is -2.42. The Labute approximate surface area is 124 Å². The van der Waals surface area contributed by atoms with E-state index in [-0.39, 0.29) is 0 Å². The van der Waals surface area contributed by atoms with E-state index < -0.39 is 0 Å². The number of hydrogen-bond donors (Lipinski definition) is 2. The van der Waals surface area contributed by atoms with Crippen LogP contribution in [-0.2, 0) is 19.3 Å². The summed E-state index contributed by atoms with van der Waals surface area (Å²) in [7, 11) is 0. The molecule has 104 valence electrons. The molecule has 0 saturated carbocycles. The second-order valence-electron chi connectivity index (χ2n) is 5.54. The highest BCUT2D eigenvalue weighted by Crippen LogP contribution is 2.29. The molecule has 0 bridgehead atoms. The summed E-state index contributed by atoms with van der Waals surface area (Å²) in [6.07, 6.45) is 3.16. The van der Waals surface area contributed by atoms with Gasteiger partial charge in [0, 0.05) is 11.1 Å². The number of fused-ring (bicyclic) bond motifs is 1. The van der Waals surface area contributed by atoms with Crippen LogP contribution in [0.1, 0.15) is 16.7 Å². The van der Waals surface area contributed by atoms with E-state index in [0.29, 0.717) is 12.0 Å². The van der Waals surface area contributed by atoms with E-state index in [0.717, 1.165) is 24.3 Å². The van der Waals surface area contributed by atoms with Crippen LogP contribution in [0.25, 0.3) is 0 Å². The first-order chi connectivity index (χ1) is 9.76. The van der Waals surface area contributed by atoms with Gasteiger partial charge in [-0.15, -0.1) is 0 Å². The third-order valence-corrected chi connectivity index (χ3v) is 4.49. The molecule has 2 aromatic rings. The normalized spacial score (nSPS) is 16.1. The molecule has 0 spiro atoms. The van der Waals surface area contributed by atoms with Crippen molar-refractivity contribution in [1.29, 1.82) is 0 Å². The smallest absolute Gasteiger partial charge is 0.0406 e. The molecular weight excluding hydrogens is 268 g/mol. The van der Waals surface area contributed by atoms with Crippen molar-refractivity contribution < 1.29 is 0 Å². The molecule has 0 radical (unpaired) electrons. The Kier molecular flexibility index (Phi) is 4.06. The second-order valence-corrected chi connectivity index (χ2v) is 5.98. The molecule has 1 unspecified atom stereocenters. The molecule has 1 atom stereocenters. The summed E-state index contributed by atoms with van der Waals surface area (Å²) in [6.45, 7) is 0. The van der Waals surface area contributed by atoms with Crippen LogP contribution in [0, 0.1) is 5.92 Å². The van der Waals surface area contributed by atoms with Crippen molar-refractivity contribution in [2.45, 2.75) is 25.3 Å². The van der Waals surface area contributed by atoms with Gasteiger partial charge in [-0.05, 0) is 54.0 Å². The molecule has 2 aromatic carbocycles. The van der Waals surface area contributed by atoms with Crippen molar-refractivity contribution in [1.82, 2.24) is 5.43 Å². The maximum atomic E-state index is 5.93. The monoisotopic (exact) mass is 286 g/mol. The lowest BCUT2D eigenvalue weighted by atomic mass is 9.91. The van der Waals surface area contributed by atoms with Crippen LogP contribution in [0.4, 0.5) is 0 Å². The number of hydrazine groups is 1. The molecule has 2 nitrogen and oxygen atoms in total. The molecule has 0 aliphatic heterocycles. The lowest BCUT2D eigenvalue weighted by Gasteiger charge is -2.22. The van der Waals surface area contributed by atoms with Gasteiger partial charge < -0.3 is 0 Å². The highest BCUT2D eigenvalue weighted by atomic mass is 35.5. The van der Waals surface area contributed by atoms with Gasteiger partial charge in [0.2, 0.25) is 0 Å². The summed E-state index contributed by atoms with van der Waals surface area (Å²) in [5, 5.41) is 0.777. The fourth-order valence-corrected chi connectivity index (χ4v) is 3.24. The number of halogens is 1. The summed E-state index contributed by atoms with van der Waals surface area (Å²) in [6, 6.07) is 17.0. The Morgan fingerprint density at radius 3 is 2.20 bits per heavy atom. The first-order valence-electron chi connectivity index (χ1n) is 7.03. The zero-order valence-corrected chi connectivity index (χ0v) is 12.1. The van der Waals surface area contributed by atoms with Crippen molar-refractivity contribution in [3.8, 4) is 0 Å². The highest BCUT2D eigenvalue weighted by Gasteiger charge is 2.27. The van der Waals surface area contributed by atoms with Crippen LogP contribution in [0.15, 0.2) is 48.5 Å². The molecule has 3 heteroatoms. The zero-order chi connectivity index (χ0) is 13.9. The van der Waals surface area contributed by atoms with Gasteiger partial charge in [-0.25, -0.2) is 0 Å². The summed E-state index contributed by atoms with van der Waals surface area (Å²) in [5.41, 5.74) is 7.21. The average molecular weight is 287 g/mol. The first-order valence-corrected chi connectivity index (χ1v) is 7.41. The standard InChI is InChI=1S/C17H19ClN2/c18-16-7-5-12(6-8-16)9-17(20-19)15-10-13-3-1-2-4-14(13)11-15/h1-8,15,17,20H,9-11,19H2. The van der Waals surface area contributed by atoms with Crippen LogP contribution in [0.3, 0.4) is 0 Å². The number of hydrogen-bond acceptors (Lipinski definition) is 2. The van der Waals surface area contributed by atoms with Crippen molar-refractivity contribution in [3.63, 3.8) is 0 Å². The topological polar surface area (TPSA) is 38.0 Å². The number of nitrogens with one attached hydrogen (secondary N) is 1. The fourth-order valence-electron chi connectivity index (χ4n) is 3.11. The summed E-state index contributed by atoms with van der Waals surface area (Å²) in [5.74, 6) is 6.35. The fraction of sp³-hybridized carbons (Fsp3) is 0.294. The Morgan fingerprint density at radius 2 is 1.65 bits per heavy atom. The minimum absolute atomic E-state index is 0.295. The predicted octanol–water partition coefficient (Wildman–Crippen LogP) is 3.13. The minimum Gasteiger partial charge on any atom is -0.271 e. The lowest BCUT2D eigenvalue weighted by molar-refractivity contribution is 0.367. The van der Waals surface area contributed by atoms with Crippen molar-refractivity contribution >= 4 is 11.6 Å². The molecule has 1 aliphatic rings.